The van der Waals surface area contributed by atoms with E-state index in [-0.39, 0.29) is 6.02 Å². The highest BCUT2D eigenvalue weighted by Crippen LogP contribution is 1.98. The minimum Gasteiger partial charge on any atom is -0.465 e. The normalized spacial score (nSPS) is 10.7. The zero-order valence-corrected chi connectivity index (χ0v) is 8.92. The van der Waals surface area contributed by atoms with Crippen LogP contribution in [-0.4, -0.2) is 19.7 Å². The lowest BCUT2D eigenvalue weighted by atomic mass is 10.1. The van der Waals surface area contributed by atoms with Crippen LogP contribution in [0.2, 0.25) is 0 Å². The van der Waals surface area contributed by atoms with Gasteiger partial charge in [0.25, 0.3) is 6.02 Å². The summed E-state index contributed by atoms with van der Waals surface area (Å²) in [7, 11) is 1.62. The zero-order valence-electron chi connectivity index (χ0n) is 8.92. The minimum atomic E-state index is 0.278. The molecule has 0 aliphatic carbocycles. The Balaban J connectivity index is 0. The average molecular weight is 174 g/mol. The largest absolute Gasteiger partial charge is 0.465 e. The lowest BCUT2D eigenvalue weighted by Gasteiger charge is -2.05. The molecule has 0 aromatic heterocycles. The van der Waals surface area contributed by atoms with Crippen molar-refractivity contribution in [1.29, 1.82) is 0 Å². The molecule has 0 bridgehead atoms. The Labute approximate surface area is 76.0 Å². The number of rotatable bonds is 3. The topological polar surface area (TPSA) is 47.6 Å². The van der Waals surface area contributed by atoms with Crippen LogP contribution in [-0.2, 0) is 4.74 Å². The van der Waals surface area contributed by atoms with E-state index in [0.29, 0.717) is 12.5 Å². The van der Waals surface area contributed by atoms with Crippen molar-refractivity contribution < 1.29 is 4.74 Å². The van der Waals surface area contributed by atoms with Crippen molar-refractivity contribution in [2.45, 2.75) is 34.1 Å². The second-order valence-electron chi connectivity index (χ2n) is 2.59. The van der Waals surface area contributed by atoms with E-state index in [0.717, 1.165) is 6.42 Å². The van der Waals surface area contributed by atoms with Crippen molar-refractivity contribution in [3.8, 4) is 0 Å². The van der Waals surface area contributed by atoms with Gasteiger partial charge in [-0.3, -0.25) is 0 Å². The Morgan fingerprint density at radius 2 is 1.92 bits per heavy atom. The predicted octanol–water partition coefficient (Wildman–Crippen LogP) is 2.02. The van der Waals surface area contributed by atoms with Crippen LogP contribution in [0.25, 0.3) is 0 Å². The molecular formula is C9H22N2O. The van der Waals surface area contributed by atoms with Crippen LogP contribution in [0.5, 0.6) is 0 Å². The monoisotopic (exact) mass is 174 g/mol. The van der Waals surface area contributed by atoms with Gasteiger partial charge in [-0.2, -0.15) is 0 Å². The van der Waals surface area contributed by atoms with Gasteiger partial charge in [0.05, 0.1) is 6.61 Å². The number of amidine groups is 1. The third-order valence-corrected chi connectivity index (χ3v) is 1.17. The lowest BCUT2D eigenvalue weighted by molar-refractivity contribution is 0.273. The number of nitrogens with zero attached hydrogens (tertiary/aromatic N) is 1. The van der Waals surface area contributed by atoms with E-state index in [4.69, 9.17) is 10.5 Å². The van der Waals surface area contributed by atoms with E-state index < -0.39 is 0 Å². The summed E-state index contributed by atoms with van der Waals surface area (Å²) in [6.07, 6.45) is 1.02. The minimum absolute atomic E-state index is 0.278. The molecule has 0 aromatic rings. The molecule has 0 aliphatic rings. The molecule has 0 fully saturated rings. The Morgan fingerprint density at radius 1 is 1.42 bits per heavy atom. The molecule has 0 radical (unpaired) electrons. The molecule has 0 atom stereocenters. The van der Waals surface area contributed by atoms with E-state index in [2.05, 4.69) is 18.8 Å². The van der Waals surface area contributed by atoms with Gasteiger partial charge in [0.2, 0.25) is 0 Å². The van der Waals surface area contributed by atoms with Crippen molar-refractivity contribution in [3.63, 3.8) is 0 Å². The molecule has 0 heterocycles. The van der Waals surface area contributed by atoms with E-state index in [1.165, 1.54) is 0 Å². The molecule has 0 amide bonds. The summed E-state index contributed by atoms with van der Waals surface area (Å²) in [4.78, 5) is 3.66. The first-order valence-corrected chi connectivity index (χ1v) is 4.52. The van der Waals surface area contributed by atoms with E-state index in [1.807, 2.05) is 13.8 Å². The number of hydrogen-bond donors (Lipinski definition) is 1. The van der Waals surface area contributed by atoms with E-state index in [1.54, 1.807) is 7.05 Å². The Bertz CT molecular complexity index is 111. The van der Waals surface area contributed by atoms with Crippen LogP contribution < -0.4 is 5.73 Å². The molecule has 0 saturated carbocycles. The summed E-state index contributed by atoms with van der Waals surface area (Å²) in [5.74, 6) is 0.657. The molecule has 0 unspecified atom stereocenters. The van der Waals surface area contributed by atoms with E-state index >= 15 is 0 Å². The van der Waals surface area contributed by atoms with Crippen LogP contribution in [0.15, 0.2) is 4.99 Å². The molecule has 0 rings (SSSR count). The third kappa shape index (κ3) is 12.0. The second-order valence-corrected chi connectivity index (χ2v) is 2.59. The van der Waals surface area contributed by atoms with Gasteiger partial charge in [0.1, 0.15) is 0 Å². The number of hydrogen-bond acceptors (Lipinski definition) is 2. The molecule has 2 N–H and O–H groups in total. The molecule has 12 heavy (non-hydrogen) atoms. The molecular weight excluding hydrogens is 152 g/mol. The van der Waals surface area contributed by atoms with Gasteiger partial charge in [-0.1, -0.05) is 27.7 Å². The van der Waals surface area contributed by atoms with Gasteiger partial charge >= 0.3 is 0 Å². The van der Waals surface area contributed by atoms with Crippen LogP contribution >= 0.6 is 0 Å². The Kier molecular flexibility index (Phi) is 11.8. The van der Waals surface area contributed by atoms with Crippen molar-refractivity contribution in [2.24, 2.45) is 16.6 Å². The molecule has 74 valence electrons. The zero-order chi connectivity index (χ0) is 9.98. The van der Waals surface area contributed by atoms with E-state index in [9.17, 15) is 0 Å². The quantitative estimate of drug-likeness (QED) is 0.525. The van der Waals surface area contributed by atoms with Gasteiger partial charge in [0, 0.05) is 7.05 Å². The van der Waals surface area contributed by atoms with Gasteiger partial charge in [-0.25, -0.2) is 4.99 Å². The summed E-state index contributed by atoms with van der Waals surface area (Å²) in [6.45, 7) is 8.95. The predicted molar refractivity (Wildman–Crippen MR) is 54.3 cm³/mol. The fourth-order valence-corrected chi connectivity index (χ4v) is 0.464. The summed E-state index contributed by atoms with van der Waals surface area (Å²) in [5, 5.41) is 0. The van der Waals surface area contributed by atoms with Gasteiger partial charge in [-0.05, 0) is 12.3 Å². The van der Waals surface area contributed by atoms with Crippen molar-refractivity contribution >= 4 is 6.02 Å². The highest BCUT2D eigenvalue weighted by Gasteiger charge is 1.94. The van der Waals surface area contributed by atoms with Crippen molar-refractivity contribution in [2.75, 3.05) is 13.7 Å². The first-order valence-electron chi connectivity index (χ1n) is 4.52. The molecule has 0 aromatic carbocycles. The maximum Gasteiger partial charge on any atom is 0.281 e. The van der Waals surface area contributed by atoms with Gasteiger partial charge in [-0.15, -0.1) is 0 Å². The summed E-state index contributed by atoms with van der Waals surface area (Å²) in [5.41, 5.74) is 5.29. The molecule has 0 spiro atoms. The fourth-order valence-electron chi connectivity index (χ4n) is 0.464. The smallest absolute Gasteiger partial charge is 0.281 e. The summed E-state index contributed by atoms with van der Waals surface area (Å²) in [6, 6.07) is 0.278. The maximum absolute atomic E-state index is 5.29. The van der Waals surface area contributed by atoms with Crippen LogP contribution in [0.1, 0.15) is 34.1 Å². The average Bonchev–Trinajstić information content (AvgIpc) is 2.07. The molecule has 3 heteroatoms. The summed E-state index contributed by atoms with van der Waals surface area (Å²) >= 11 is 0. The number of aliphatic imine (C=N–C) groups is 1. The lowest BCUT2D eigenvalue weighted by Crippen LogP contribution is -2.17. The highest BCUT2D eigenvalue weighted by molar-refractivity contribution is 5.70. The maximum atomic E-state index is 5.29. The van der Waals surface area contributed by atoms with Crippen molar-refractivity contribution in [3.05, 3.63) is 0 Å². The first-order chi connectivity index (χ1) is 5.66. The third-order valence-electron chi connectivity index (χ3n) is 1.17. The standard InChI is InChI=1S/C7H16N2O.C2H6/c1-6(2)4-5-10-7(8)9-3;1-2/h6H,4-5H2,1-3H3,(H2,8,9);1-2H3. The Hall–Kier alpha value is -0.730. The first kappa shape index (κ1) is 13.8. The van der Waals surface area contributed by atoms with Crippen molar-refractivity contribution in [1.82, 2.24) is 0 Å². The van der Waals surface area contributed by atoms with Gasteiger partial charge < -0.3 is 10.5 Å². The number of ether oxygens (including phenoxy) is 1. The Morgan fingerprint density at radius 3 is 2.25 bits per heavy atom. The van der Waals surface area contributed by atoms with Crippen LogP contribution in [0.3, 0.4) is 0 Å². The highest BCUT2D eigenvalue weighted by atomic mass is 16.5. The molecule has 0 saturated heterocycles. The van der Waals surface area contributed by atoms with Crippen LogP contribution in [0.4, 0.5) is 0 Å². The number of nitrogens with two attached hydrogens (primary N) is 1. The molecule has 3 nitrogen and oxygen atoms in total. The van der Waals surface area contributed by atoms with Gasteiger partial charge in [0.15, 0.2) is 0 Å². The SMILES string of the molecule is CC.CN=C(N)OCCC(C)C. The molecule has 0 aliphatic heterocycles. The summed E-state index contributed by atoms with van der Waals surface area (Å²) < 4.78 is 5.03. The second kappa shape index (κ2) is 10.3. The fraction of sp³-hybridized carbons (Fsp3) is 0.889. The van der Waals surface area contributed by atoms with Crippen LogP contribution in [0, 0.1) is 5.92 Å².